The smallest absolute Gasteiger partial charge is 0.319 e. The van der Waals surface area contributed by atoms with Gasteiger partial charge in [0.2, 0.25) is 0 Å². The minimum absolute atomic E-state index is 0.0213. The molecular formula is C35H37F2N5O3. The largest absolute Gasteiger partial charge is 0.508 e. The van der Waals surface area contributed by atoms with Crippen LogP contribution in [-0.4, -0.2) is 82.7 Å². The van der Waals surface area contributed by atoms with Crippen molar-refractivity contribution in [3.8, 4) is 28.6 Å². The fraction of sp³-hybridized carbons (Fsp3) is 0.486. The molecule has 3 aromatic carbocycles. The van der Waals surface area contributed by atoms with Gasteiger partial charge in [-0.1, -0.05) is 25.1 Å². The van der Waals surface area contributed by atoms with E-state index in [1.54, 1.807) is 18.2 Å². The lowest BCUT2D eigenvalue weighted by Gasteiger charge is -2.40. The van der Waals surface area contributed by atoms with Crippen LogP contribution in [0.4, 0.5) is 14.6 Å². The van der Waals surface area contributed by atoms with E-state index >= 15 is 4.39 Å². The zero-order valence-electron chi connectivity index (χ0n) is 25.4. The van der Waals surface area contributed by atoms with Crippen molar-refractivity contribution in [2.24, 2.45) is 0 Å². The van der Waals surface area contributed by atoms with E-state index in [9.17, 15) is 9.50 Å². The first-order valence-corrected chi connectivity index (χ1v) is 16.4. The van der Waals surface area contributed by atoms with E-state index in [1.807, 2.05) is 18.2 Å². The Labute approximate surface area is 260 Å². The predicted octanol–water partition coefficient (Wildman–Crippen LogP) is 5.51. The zero-order valence-corrected chi connectivity index (χ0v) is 25.4. The Morgan fingerprint density at radius 2 is 2.04 bits per heavy atom. The van der Waals surface area contributed by atoms with Crippen molar-refractivity contribution in [3.05, 3.63) is 47.8 Å². The number of ether oxygens (including phenoxy) is 2. The molecule has 0 aliphatic carbocycles. The van der Waals surface area contributed by atoms with E-state index < -0.39 is 12.0 Å². The first-order chi connectivity index (χ1) is 21.9. The quantitative estimate of drug-likeness (QED) is 0.305. The number of halogens is 2. The summed E-state index contributed by atoms with van der Waals surface area (Å²) in [5.41, 5.74) is 1.71. The number of piperazine rings is 1. The molecule has 4 saturated heterocycles. The molecule has 4 fully saturated rings. The lowest BCUT2D eigenvalue weighted by molar-refractivity contribution is 0.107. The fourth-order valence-electron chi connectivity index (χ4n) is 8.95. The van der Waals surface area contributed by atoms with Crippen molar-refractivity contribution in [1.29, 1.82) is 0 Å². The van der Waals surface area contributed by atoms with Crippen LogP contribution in [0, 0.1) is 5.82 Å². The second kappa shape index (κ2) is 10.1. The van der Waals surface area contributed by atoms with Gasteiger partial charge in [0.25, 0.3) is 0 Å². The molecule has 5 unspecified atom stereocenters. The Morgan fingerprint density at radius 3 is 2.93 bits per heavy atom. The molecule has 234 valence electrons. The van der Waals surface area contributed by atoms with Crippen LogP contribution in [0.2, 0.25) is 0 Å². The maximum Gasteiger partial charge on any atom is 0.319 e. The number of fused-ring (bicyclic) bond motifs is 7. The molecule has 2 N–H and O–H groups in total. The molecule has 0 spiro atoms. The van der Waals surface area contributed by atoms with Gasteiger partial charge in [0.1, 0.15) is 42.2 Å². The van der Waals surface area contributed by atoms with Crippen LogP contribution in [0.1, 0.15) is 44.6 Å². The number of rotatable bonds is 5. The van der Waals surface area contributed by atoms with Gasteiger partial charge >= 0.3 is 6.01 Å². The maximum atomic E-state index is 17.1. The molecule has 4 aromatic rings. The molecule has 10 heteroatoms. The average Bonchev–Trinajstić information content (AvgIpc) is 3.67. The Balaban J connectivity index is 1.24. The molecule has 5 atom stereocenters. The molecule has 5 aliphatic rings. The number of anilines is 1. The fourth-order valence-corrected chi connectivity index (χ4v) is 8.95. The van der Waals surface area contributed by atoms with Gasteiger partial charge in [-0.3, -0.25) is 4.90 Å². The van der Waals surface area contributed by atoms with Gasteiger partial charge < -0.3 is 24.8 Å². The van der Waals surface area contributed by atoms with E-state index in [1.165, 1.54) is 0 Å². The number of aryl methyl sites for hydroxylation is 1. The van der Waals surface area contributed by atoms with Crippen LogP contribution in [0.3, 0.4) is 0 Å². The summed E-state index contributed by atoms with van der Waals surface area (Å²) in [5.74, 6) is 0.703. The van der Waals surface area contributed by atoms with Crippen molar-refractivity contribution in [2.45, 2.75) is 75.3 Å². The number of alkyl halides is 1. The second-order valence-electron chi connectivity index (χ2n) is 13.6. The topological polar surface area (TPSA) is 83.0 Å². The van der Waals surface area contributed by atoms with Crippen molar-refractivity contribution in [2.75, 3.05) is 37.7 Å². The zero-order chi connectivity index (χ0) is 30.4. The van der Waals surface area contributed by atoms with Crippen LogP contribution < -0.4 is 19.7 Å². The molecule has 8 nitrogen and oxygen atoms in total. The number of phenolic OH excluding ortho intramolecular Hbond substituents is 1. The monoisotopic (exact) mass is 613 g/mol. The number of aromatic nitrogens is 2. The lowest BCUT2D eigenvalue weighted by Crippen LogP contribution is -2.60. The van der Waals surface area contributed by atoms with Gasteiger partial charge in [0, 0.05) is 37.2 Å². The van der Waals surface area contributed by atoms with Gasteiger partial charge in [-0.2, -0.15) is 9.97 Å². The Hall–Kier alpha value is -3.76. The summed E-state index contributed by atoms with van der Waals surface area (Å²) in [6.07, 6.45) is 4.28. The third kappa shape index (κ3) is 4.21. The minimum Gasteiger partial charge on any atom is -0.508 e. The van der Waals surface area contributed by atoms with Crippen LogP contribution in [0.5, 0.6) is 17.5 Å². The Bertz CT molecular complexity index is 1850. The first-order valence-electron chi connectivity index (χ1n) is 16.4. The number of nitrogens with zero attached hydrogens (tertiary/aromatic N) is 4. The van der Waals surface area contributed by atoms with Crippen molar-refractivity contribution < 1.29 is 23.4 Å². The van der Waals surface area contributed by atoms with E-state index in [0.717, 1.165) is 61.5 Å². The van der Waals surface area contributed by atoms with E-state index in [2.05, 4.69) is 22.0 Å². The molecule has 45 heavy (non-hydrogen) atoms. The standard InChI is InChI=1S/C35H37F2N5O3/c1-2-19-5-3-6-20-11-23(43)12-24(29(19)20)25-13-28-30-32(31(25)37)39-34(45-18-35-9-4-10-41(35)15-21(36)14-35)40-33(30)42-16-22-7-8-26(38-22)27(42)17-44-28/h3,5-6,11-13,21-22,26-27,38,43H,2,4,7-10,14-18H2,1H3. The van der Waals surface area contributed by atoms with E-state index in [4.69, 9.17) is 19.4 Å². The van der Waals surface area contributed by atoms with Crippen LogP contribution in [0.15, 0.2) is 36.4 Å². The third-order valence-electron chi connectivity index (χ3n) is 11.0. The molecule has 6 heterocycles. The number of nitrogens with one attached hydrogen (secondary N) is 1. The van der Waals surface area contributed by atoms with Crippen molar-refractivity contribution in [1.82, 2.24) is 20.2 Å². The summed E-state index contributed by atoms with van der Waals surface area (Å²) in [7, 11) is 0. The molecule has 5 aliphatic heterocycles. The molecular weight excluding hydrogens is 576 g/mol. The molecule has 0 radical (unpaired) electrons. The van der Waals surface area contributed by atoms with Crippen molar-refractivity contribution >= 4 is 27.5 Å². The summed E-state index contributed by atoms with van der Waals surface area (Å²) >= 11 is 0. The minimum atomic E-state index is -0.877. The average molecular weight is 614 g/mol. The number of hydrogen-bond donors (Lipinski definition) is 2. The normalized spacial score (nSPS) is 28.7. The van der Waals surface area contributed by atoms with Crippen LogP contribution in [-0.2, 0) is 6.42 Å². The summed E-state index contributed by atoms with van der Waals surface area (Å²) in [4.78, 5) is 14.1. The third-order valence-corrected chi connectivity index (χ3v) is 11.0. The van der Waals surface area contributed by atoms with Gasteiger partial charge in [-0.15, -0.1) is 0 Å². The second-order valence-corrected chi connectivity index (χ2v) is 13.6. The lowest BCUT2D eigenvalue weighted by atomic mass is 9.92. The first kappa shape index (κ1) is 27.5. The molecule has 9 rings (SSSR count). The van der Waals surface area contributed by atoms with Crippen LogP contribution in [0.25, 0.3) is 32.8 Å². The maximum absolute atomic E-state index is 17.1. The summed E-state index contributed by atoms with van der Waals surface area (Å²) in [6.45, 7) is 4.77. The predicted molar refractivity (Wildman–Crippen MR) is 169 cm³/mol. The molecule has 0 saturated carbocycles. The number of phenols is 1. The van der Waals surface area contributed by atoms with Crippen molar-refractivity contribution in [3.63, 3.8) is 0 Å². The number of hydrogen-bond acceptors (Lipinski definition) is 8. The summed E-state index contributed by atoms with van der Waals surface area (Å²) in [5, 5.41) is 16.7. The van der Waals surface area contributed by atoms with Gasteiger partial charge in [-0.25, -0.2) is 8.78 Å². The van der Waals surface area contributed by atoms with Gasteiger partial charge in [0.05, 0.1) is 17.0 Å². The molecule has 2 bridgehead atoms. The highest BCUT2D eigenvalue weighted by molar-refractivity contribution is 6.05. The number of aromatic hydroxyl groups is 1. The van der Waals surface area contributed by atoms with Gasteiger partial charge in [0.15, 0.2) is 5.82 Å². The van der Waals surface area contributed by atoms with E-state index in [0.29, 0.717) is 53.7 Å². The Morgan fingerprint density at radius 1 is 1.13 bits per heavy atom. The summed E-state index contributed by atoms with van der Waals surface area (Å²) in [6, 6.07) is 11.7. The summed E-state index contributed by atoms with van der Waals surface area (Å²) < 4.78 is 44.5. The Kier molecular flexibility index (Phi) is 6.20. The number of benzene rings is 3. The molecule has 0 amide bonds. The SMILES string of the molecule is CCc1cccc2cc(O)cc(-c3cc4c5c(nc(OCC67CCCN6CC(F)C7)nc5c3F)N3CC5CCC(N5)C3CO4)c12. The highest BCUT2D eigenvalue weighted by Crippen LogP contribution is 2.47. The van der Waals surface area contributed by atoms with Crippen LogP contribution >= 0.6 is 0 Å². The van der Waals surface area contributed by atoms with Gasteiger partial charge in [-0.05, 0) is 78.7 Å². The highest BCUT2D eigenvalue weighted by atomic mass is 19.1. The highest BCUT2D eigenvalue weighted by Gasteiger charge is 2.50. The van der Waals surface area contributed by atoms with E-state index in [-0.39, 0.29) is 41.5 Å². The molecule has 1 aromatic heterocycles.